The minimum Gasteiger partial charge on any atom is -0.342 e. The molecule has 1 saturated carbocycles. The van der Waals surface area contributed by atoms with Crippen molar-refractivity contribution in [2.45, 2.75) is 33.1 Å². The van der Waals surface area contributed by atoms with E-state index in [1.165, 1.54) is 0 Å². The molecule has 1 heterocycles. The van der Waals surface area contributed by atoms with Crippen LogP contribution in [0.2, 0.25) is 0 Å². The van der Waals surface area contributed by atoms with Crippen LogP contribution >= 0.6 is 0 Å². The maximum absolute atomic E-state index is 11.9. The van der Waals surface area contributed by atoms with Crippen molar-refractivity contribution in [2.75, 3.05) is 0 Å². The molecule has 1 aromatic heterocycles. The molecule has 0 radical (unpaired) electrons. The molecular formula is C11H16N2O. The molecule has 14 heavy (non-hydrogen) atoms. The van der Waals surface area contributed by atoms with Crippen LogP contribution in [0.3, 0.4) is 0 Å². The van der Waals surface area contributed by atoms with Crippen molar-refractivity contribution in [3.05, 3.63) is 18.2 Å². The third-order valence-electron chi connectivity index (χ3n) is 3.10. The summed E-state index contributed by atoms with van der Waals surface area (Å²) in [5.74, 6) is 0.429. The van der Waals surface area contributed by atoms with Crippen LogP contribution in [0.4, 0.5) is 0 Å². The fourth-order valence-electron chi connectivity index (χ4n) is 2.27. The lowest BCUT2D eigenvalue weighted by Gasteiger charge is -2.16. The van der Waals surface area contributed by atoms with E-state index in [-0.39, 0.29) is 11.7 Å². The molecular weight excluding hydrogens is 176 g/mol. The van der Waals surface area contributed by atoms with Gasteiger partial charge in [-0.25, -0.2) is 4.98 Å². The molecule has 3 heteroatoms. The maximum atomic E-state index is 11.9. The lowest BCUT2D eigenvalue weighted by atomic mass is 9.89. The van der Waals surface area contributed by atoms with Crippen LogP contribution in [-0.2, 0) is 0 Å². The fraction of sp³-hybridized carbons (Fsp3) is 0.636. The Bertz CT molecular complexity index is 327. The minimum atomic E-state index is 0.199. The van der Waals surface area contributed by atoms with Crippen LogP contribution in [-0.4, -0.2) is 15.8 Å². The third-order valence-corrected chi connectivity index (χ3v) is 3.10. The number of hydrogen-bond donors (Lipinski definition) is 1. The van der Waals surface area contributed by atoms with E-state index in [1.54, 1.807) is 12.5 Å². The number of Topliss-reactive ketones (excluding diaryl/α,β-unsaturated/α-hetero) is 1. The van der Waals surface area contributed by atoms with Gasteiger partial charge in [-0.1, -0.05) is 13.8 Å². The maximum Gasteiger partial charge on any atom is 0.183 e. The SMILES string of the molecule is CC1(C)CCC(C(=O)c2cnc[nH]2)C1. The molecule has 1 N–H and O–H groups in total. The van der Waals surface area contributed by atoms with Crippen molar-refractivity contribution in [1.82, 2.24) is 9.97 Å². The second kappa shape index (κ2) is 3.23. The Morgan fingerprint density at radius 3 is 2.93 bits per heavy atom. The Morgan fingerprint density at radius 2 is 2.43 bits per heavy atom. The first-order valence-corrected chi connectivity index (χ1v) is 5.11. The molecule has 0 saturated heterocycles. The highest BCUT2D eigenvalue weighted by molar-refractivity contribution is 5.96. The predicted octanol–water partition coefficient (Wildman–Crippen LogP) is 2.42. The number of rotatable bonds is 2. The molecule has 0 spiro atoms. The number of H-pyrrole nitrogens is 1. The summed E-state index contributed by atoms with van der Waals surface area (Å²) >= 11 is 0. The number of nitrogens with one attached hydrogen (secondary N) is 1. The molecule has 1 unspecified atom stereocenters. The van der Waals surface area contributed by atoms with Gasteiger partial charge < -0.3 is 4.98 Å². The van der Waals surface area contributed by atoms with Crippen LogP contribution < -0.4 is 0 Å². The number of nitrogens with zero attached hydrogens (tertiary/aromatic N) is 1. The summed E-state index contributed by atoms with van der Waals surface area (Å²) in [6.45, 7) is 4.46. The Kier molecular flexibility index (Phi) is 2.17. The average Bonchev–Trinajstić information content (AvgIpc) is 2.72. The van der Waals surface area contributed by atoms with E-state index in [0.717, 1.165) is 19.3 Å². The summed E-state index contributed by atoms with van der Waals surface area (Å²) in [7, 11) is 0. The van der Waals surface area contributed by atoms with Gasteiger partial charge >= 0.3 is 0 Å². The molecule has 1 atom stereocenters. The second-order valence-electron chi connectivity index (χ2n) is 4.93. The lowest BCUT2D eigenvalue weighted by molar-refractivity contribution is 0.0910. The van der Waals surface area contributed by atoms with E-state index in [0.29, 0.717) is 11.1 Å². The molecule has 0 aliphatic heterocycles. The third kappa shape index (κ3) is 1.72. The molecule has 76 valence electrons. The number of imidazole rings is 1. The minimum absolute atomic E-state index is 0.199. The van der Waals surface area contributed by atoms with Crippen molar-refractivity contribution in [3.8, 4) is 0 Å². The van der Waals surface area contributed by atoms with E-state index in [2.05, 4.69) is 23.8 Å². The van der Waals surface area contributed by atoms with Crippen LogP contribution in [0, 0.1) is 11.3 Å². The topological polar surface area (TPSA) is 45.8 Å². The summed E-state index contributed by atoms with van der Waals surface area (Å²) in [6.07, 6.45) is 6.36. The zero-order valence-corrected chi connectivity index (χ0v) is 8.71. The van der Waals surface area contributed by atoms with Crippen LogP contribution in [0.1, 0.15) is 43.6 Å². The number of aromatic amines is 1. The van der Waals surface area contributed by atoms with E-state index in [4.69, 9.17) is 0 Å². The van der Waals surface area contributed by atoms with Crippen molar-refractivity contribution in [3.63, 3.8) is 0 Å². The molecule has 3 nitrogen and oxygen atoms in total. The van der Waals surface area contributed by atoms with Crippen molar-refractivity contribution < 1.29 is 4.79 Å². The largest absolute Gasteiger partial charge is 0.342 e. The smallest absolute Gasteiger partial charge is 0.183 e. The van der Waals surface area contributed by atoms with E-state index < -0.39 is 0 Å². The summed E-state index contributed by atoms with van der Waals surface area (Å²) in [5.41, 5.74) is 0.994. The predicted molar refractivity (Wildman–Crippen MR) is 54.0 cm³/mol. The highest BCUT2D eigenvalue weighted by Gasteiger charge is 2.35. The first-order valence-electron chi connectivity index (χ1n) is 5.11. The van der Waals surface area contributed by atoms with E-state index >= 15 is 0 Å². The van der Waals surface area contributed by atoms with Gasteiger partial charge in [-0.3, -0.25) is 4.79 Å². The number of hydrogen-bond acceptors (Lipinski definition) is 2. The first kappa shape index (κ1) is 9.44. The van der Waals surface area contributed by atoms with Gasteiger partial charge in [-0.2, -0.15) is 0 Å². The first-order chi connectivity index (χ1) is 6.58. The van der Waals surface area contributed by atoms with Gasteiger partial charge in [0.15, 0.2) is 5.78 Å². The highest BCUT2D eigenvalue weighted by atomic mass is 16.1. The summed E-state index contributed by atoms with van der Waals surface area (Å²) in [5, 5.41) is 0. The molecule has 2 rings (SSSR count). The van der Waals surface area contributed by atoms with Crippen LogP contribution in [0.5, 0.6) is 0 Å². The molecule has 1 aromatic rings. The van der Waals surface area contributed by atoms with E-state index in [9.17, 15) is 4.79 Å². The van der Waals surface area contributed by atoms with Gasteiger partial charge in [-0.05, 0) is 24.7 Å². The van der Waals surface area contributed by atoms with Crippen LogP contribution in [0.25, 0.3) is 0 Å². The normalized spacial score (nSPS) is 25.1. The zero-order chi connectivity index (χ0) is 10.2. The number of carbonyl (C=O) groups excluding carboxylic acids is 1. The van der Waals surface area contributed by atoms with Crippen molar-refractivity contribution in [2.24, 2.45) is 11.3 Å². The lowest BCUT2D eigenvalue weighted by Crippen LogP contribution is -2.14. The van der Waals surface area contributed by atoms with Crippen LogP contribution in [0.15, 0.2) is 12.5 Å². The van der Waals surface area contributed by atoms with Gasteiger partial charge in [0, 0.05) is 5.92 Å². The van der Waals surface area contributed by atoms with Gasteiger partial charge in [0.25, 0.3) is 0 Å². The highest BCUT2D eigenvalue weighted by Crippen LogP contribution is 2.41. The van der Waals surface area contributed by atoms with Gasteiger partial charge in [-0.15, -0.1) is 0 Å². The van der Waals surface area contributed by atoms with Crippen molar-refractivity contribution >= 4 is 5.78 Å². The van der Waals surface area contributed by atoms with Gasteiger partial charge in [0.05, 0.1) is 12.5 Å². The summed E-state index contributed by atoms with van der Waals surface area (Å²) in [4.78, 5) is 18.7. The van der Waals surface area contributed by atoms with Gasteiger partial charge in [0.2, 0.25) is 0 Å². The molecule has 0 bridgehead atoms. The Balaban J connectivity index is 2.08. The fourth-order valence-corrected chi connectivity index (χ4v) is 2.27. The number of aromatic nitrogens is 2. The zero-order valence-electron chi connectivity index (χ0n) is 8.71. The van der Waals surface area contributed by atoms with Crippen molar-refractivity contribution in [1.29, 1.82) is 0 Å². The Hall–Kier alpha value is -1.12. The van der Waals surface area contributed by atoms with Gasteiger partial charge in [0.1, 0.15) is 5.69 Å². The Labute approximate surface area is 83.9 Å². The Morgan fingerprint density at radius 1 is 1.64 bits per heavy atom. The second-order valence-corrected chi connectivity index (χ2v) is 4.93. The molecule has 1 aliphatic rings. The average molecular weight is 192 g/mol. The monoisotopic (exact) mass is 192 g/mol. The molecule has 0 aromatic carbocycles. The standard InChI is InChI=1S/C11H16N2O/c1-11(2)4-3-8(5-11)10(14)9-6-12-7-13-9/h6-8H,3-5H2,1-2H3,(H,12,13). The molecule has 1 fully saturated rings. The number of ketones is 1. The number of carbonyl (C=O) groups is 1. The summed E-state index contributed by atoms with van der Waals surface area (Å²) in [6, 6.07) is 0. The molecule has 0 amide bonds. The summed E-state index contributed by atoms with van der Waals surface area (Å²) < 4.78 is 0. The quantitative estimate of drug-likeness (QED) is 0.731. The molecule has 1 aliphatic carbocycles. The van der Waals surface area contributed by atoms with E-state index in [1.807, 2.05) is 0 Å².